The molecule has 0 unspecified atom stereocenters. The highest BCUT2D eigenvalue weighted by Gasteiger charge is 2.39. The summed E-state index contributed by atoms with van der Waals surface area (Å²) in [7, 11) is 2.88. The second-order valence-electron chi connectivity index (χ2n) is 7.46. The van der Waals surface area contributed by atoms with Crippen LogP contribution in [0.3, 0.4) is 0 Å². The minimum absolute atomic E-state index is 0.114. The zero-order chi connectivity index (χ0) is 20.9. The summed E-state index contributed by atoms with van der Waals surface area (Å²) in [5.74, 6) is -1.83. The fourth-order valence-electron chi connectivity index (χ4n) is 3.02. The first-order valence-corrected chi connectivity index (χ1v) is 9.29. The van der Waals surface area contributed by atoms with Gasteiger partial charge in [-0.25, -0.2) is 0 Å². The lowest BCUT2D eigenvalue weighted by Gasteiger charge is -2.37. The van der Waals surface area contributed by atoms with Crippen LogP contribution in [-0.2, 0) is 19.2 Å². The number of hydrogen-bond acceptors (Lipinski definition) is 5. The van der Waals surface area contributed by atoms with Crippen molar-refractivity contribution >= 4 is 23.6 Å². The van der Waals surface area contributed by atoms with Crippen molar-refractivity contribution in [2.45, 2.75) is 64.8 Å². The van der Waals surface area contributed by atoms with Crippen LogP contribution in [0.2, 0.25) is 0 Å². The molecule has 27 heavy (non-hydrogen) atoms. The lowest BCUT2D eigenvalue weighted by Crippen LogP contribution is -2.62. The molecule has 1 heterocycles. The third-order valence-corrected chi connectivity index (χ3v) is 4.87. The van der Waals surface area contributed by atoms with Crippen molar-refractivity contribution in [3.05, 3.63) is 0 Å². The normalized spacial score (nSPS) is 27.0. The molecule has 1 rings (SSSR count). The summed E-state index contributed by atoms with van der Waals surface area (Å²) in [6.07, 6.45) is -0.468. The zero-order valence-corrected chi connectivity index (χ0v) is 17.0. The topological polar surface area (TPSA) is 119 Å². The largest absolute Gasteiger partial charge is 0.390 e. The van der Waals surface area contributed by atoms with Gasteiger partial charge in [0.05, 0.1) is 12.6 Å². The Balaban J connectivity index is 3.34. The highest BCUT2D eigenvalue weighted by Crippen LogP contribution is 2.16. The van der Waals surface area contributed by atoms with Gasteiger partial charge in [-0.05, 0) is 25.7 Å². The van der Waals surface area contributed by atoms with Crippen molar-refractivity contribution < 1.29 is 24.3 Å². The molecule has 154 valence electrons. The molecule has 0 aliphatic carbocycles. The van der Waals surface area contributed by atoms with E-state index < -0.39 is 47.9 Å². The van der Waals surface area contributed by atoms with Gasteiger partial charge >= 0.3 is 0 Å². The molecule has 3 N–H and O–H groups in total. The number of rotatable bonds is 4. The van der Waals surface area contributed by atoms with Crippen LogP contribution in [0.25, 0.3) is 0 Å². The standard InChI is InChI=1S/C18H32N4O5/c1-7-13(23)15-18(27)21(5)11(4)16(25)19-9-14(24)20-12(8-10(2)3)17(26)22(15)6/h10-13,15,23H,7-9H2,1-6H3,(H,19,25)(H,20,24)/t11-,12+,13-,15+/m1/s1. The van der Waals surface area contributed by atoms with Crippen LogP contribution in [0.15, 0.2) is 0 Å². The molecule has 0 aromatic carbocycles. The molecule has 0 spiro atoms. The SMILES string of the molecule is CC[C@@H](O)[C@H]1C(=O)N(C)[C@H](C)C(=O)NCC(=O)N[C@@H](CC(C)C)C(=O)N1C. The van der Waals surface area contributed by atoms with E-state index in [1.165, 1.54) is 30.8 Å². The number of nitrogens with one attached hydrogen (secondary N) is 2. The first kappa shape index (κ1) is 22.9. The maximum atomic E-state index is 13.0. The summed E-state index contributed by atoms with van der Waals surface area (Å²) in [6.45, 7) is 6.77. The molecule has 1 fully saturated rings. The van der Waals surface area contributed by atoms with Gasteiger partial charge in [-0.2, -0.15) is 0 Å². The Morgan fingerprint density at radius 1 is 1.11 bits per heavy atom. The van der Waals surface area contributed by atoms with Crippen LogP contribution in [0.4, 0.5) is 0 Å². The molecule has 1 saturated heterocycles. The third kappa shape index (κ3) is 5.66. The highest BCUT2D eigenvalue weighted by molar-refractivity contribution is 5.96. The first-order chi connectivity index (χ1) is 12.5. The number of carbonyl (C=O) groups excluding carboxylic acids is 4. The number of hydrogen-bond donors (Lipinski definition) is 3. The van der Waals surface area contributed by atoms with Crippen molar-refractivity contribution in [2.75, 3.05) is 20.6 Å². The van der Waals surface area contributed by atoms with Gasteiger partial charge in [-0.15, -0.1) is 0 Å². The number of carbonyl (C=O) groups is 4. The van der Waals surface area contributed by atoms with Gasteiger partial charge in [-0.3, -0.25) is 19.2 Å². The van der Waals surface area contributed by atoms with E-state index in [1.807, 2.05) is 13.8 Å². The minimum atomic E-state index is -1.14. The predicted molar refractivity (Wildman–Crippen MR) is 99.5 cm³/mol. The average Bonchev–Trinajstić information content (AvgIpc) is 2.62. The molecule has 4 amide bonds. The summed E-state index contributed by atoms with van der Waals surface area (Å²) >= 11 is 0. The summed E-state index contributed by atoms with van der Waals surface area (Å²) in [5, 5.41) is 15.5. The van der Waals surface area contributed by atoms with E-state index in [9.17, 15) is 24.3 Å². The zero-order valence-electron chi connectivity index (χ0n) is 17.0. The monoisotopic (exact) mass is 384 g/mol. The van der Waals surface area contributed by atoms with Crippen LogP contribution < -0.4 is 10.6 Å². The van der Waals surface area contributed by atoms with Gasteiger partial charge < -0.3 is 25.5 Å². The summed E-state index contributed by atoms with van der Waals surface area (Å²) in [4.78, 5) is 52.8. The van der Waals surface area contributed by atoms with Gasteiger partial charge in [0.2, 0.25) is 23.6 Å². The van der Waals surface area contributed by atoms with E-state index in [-0.39, 0.29) is 18.9 Å². The molecular weight excluding hydrogens is 352 g/mol. The molecule has 4 atom stereocenters. The molecule has 9 nitrogen and oxygen atoms in total. The van der Waals surface area contributed by atoms with E-state index in [1.54, 1.807) is 6.92 Å². The number of aliphatic hydroxyl groups is 1. The van der Waals surface area contributed by atoms with Crippen molar-refractivity contribution in [2.24, 2.45) is 5.92 Å². The number of amides is 4. The molecule has 0 aromatic heterocycles. The van der Waals surface area contributed by atoms with Gasteiger partial charge in [0.25, 0.3) is 0 Å². The van der Waals surface area contributed by atoms with Crippen LogP contribution in [0, 0.1) is 5.92 Å². The Kier molecular flexibility index (Phi) is 8.20. The fourth-order valence-corrected chi connectivity index (χ4v) is 3.02. The highest BCUT2D eigenvalue weighted by atomic mass is 16.3. The summed E-state index contributed by atoms with van der Waals surface area (Å²) in [5.41, 5.74) is 0. The number of likely N-dealkylation sites (N-methyl/N-ethyl adjacent to an activating group) is 2. The van der Waals surface area contributed by atoms with E-state index >= 15 is 0 Å². The quantitative estimate of drug-likeness (QED) is 0.580. The van der Waals surface area contributed by atoms with Crippen LogP contribution >= 0.6 is 0 Å². The molecule has 0 bridgehead atoms. The van der Waals surface area contributed by atoms with Crippen LogP contribution in [0.5, 0.6) is 0 Å². The van der Waals surface area contributed by atoms with Gasteiger partial charge in [0.1, 0.15) is 18.1 Å². The van der Waals surface area contributed by atoms with Crippen molar-refractivity contribution in [3.63, 3.8) is 0 Å². The second kappa shape index (κ2) is 9.68. The smallest absolute Gasteiger partial charge is 0.248 e. The molecule has 0 aromatic rings. The lowest BCUT2D eigenvalue weighted by atomic mass is 9.99. The molecule has 9 heteroatoms. The Morgan fingerprint density at radius 3 is 2.22 bits per heavy atom. The summed E-state index contributed by atoms with van der Waals surface area (Å²) in [6, 6.07) is -2.85. The molecule has 0 saturated carbocycles. The van der Waals surface area contributed by atoms with Crippen molar-refractivity contribution in [3.8, 4) is 0 Å². The van der Waals surface area contributed by atoms with Gasteiger partial charge in [0, 0.05) is 14.1 Å². The molecular formula is C18H32N4O5. The van der Waals surface area contributed by atoms with E-state index in [2.05, 4.69) is 10.6 Å². The maximum Gasteiger partial charge on any atom is 0.248 e. The average molecular weight is 384 g/mol. The van der Waals surface area contributed by atoms with Gasteiger partial charge in [-0.1, -0.05) is 20.8 Å². The molecule has 0 radical (unpaired) electrons. The van der Waals surface area contributed by atoms with Crippen LogP contribution in [0.1, 0.15) is 40.5 Å². The predicted octanol–water partition coefficient (Wildman–Crippen LogP) is -0.908. The van der Waals surface area contributed by atoms with E-state index in [0.29, 0.717) is 6.42 Å². The maximum absolute atomic E-state index is 13.0. The number of nitrogens with zero attached hydrogens (tertiary/aromatic N) is 2. The minimum Gasteiger partial charge on any atom is -0.390 e. The Hall–Kier alpha value is -2.16. The lowest BCUT2D eigenvalue weighted by molar-refractivity contribution is -0.153. The van der Waals surface area contributed by atoms with E-state index in [4.69, 9.17) is 0 Å². The van der Waals surface area contributed by atoms with Crippen LogP contribution in [-0.4, -0.2) is 83.4 Å². The van der Waals surface area contributed by atoms with Crippen molar-refractivity contribution in [1.29, 1.82) is 0 Å². The first-order valence-electron chi connectivity index (χ1n) is 9.29. The van der Waals surface area contributed by atoms with Gasteiger partial charge in [0.15, 0.2) is 0 Å². The fraction of sp³-hybridized carbons (Fsp3) is 0.778. The number of aliphatic hydroxyl groups excluding tert-OH is 1. The molecule has 1 aliphatic rings. The Labute approximate surface area is 160 Å². The third-order valence-electron chi connectivity index (χ3n) is 4.87. The summed E-state index contributed by atoms with van der Waals surface area (Å²) < 4.78 is 0. The Bertz CT molecular complexity index is 580. The van der Waals surface area contributed by atoms with E-state index in [0.717, 1.165) is 0 Å². The molecule has 1 aliphatic heterocycles. The Morgan fingerprint density at radius 2 is 1.70 bits per heavy atom. The van der Waals surface area contributed by atoms with Crippen molar-refractivity contribution in [1.82, 2.24) is 20.4 Å². The second-order valence-corrected chi connectivity index (χ2v) is 7.46.